The number of hydrogen-bond donors (Lipinski definition) is 3. The van der Waals surface area contributed by atoms with Gasteiger partial charge in [-0.1, -0.05) is 36.4 Å². The van der Waals surface area contributed by atoms with Gasteiger partial charge >= 0.3 is 13.7 Å². The van der Waals surface area contributed by atoms with E-state index in [0.717, 1.165) is 5.39 Å². The Bertz CT molecular complexity index is 1710. The number of anilines is 1. The fourth-order valence-electron chi connectivity index (χ4n) is 5.01. The molecule has 1 aliphatic heterocycles. The molecule has 0 bridgehead atoms. The summed E-state index contributed by atoms with van der Waals surface area (Å²) in [5.41, 5.74) is -1.64. The first-order chi connectivity index (χ1) is 20.8. The Kier molecular flexibility index (Phi) is 8.92. The number of esters is 1. The van der Waals surface area contributed by atoms with Crippen LogP contribution in [0.4, 0.5) is 10.2 Å². The minimum atomic E-state index is -4.37. The predicted molar refractivity (Wildman–Crippen MR) is 161 cm³/mol. The van der Waals surface area contributed by atoms with Crippen LogP contribution < -0.4 is 14.9 Å². The Hall–Kier alpha value is -3.68. The fourth-order valence-corrected chi connectivity index (χ4v) is 6.53. The van der Waals surface area contributed by atoms with E-state index in [4.69, 9.17) is 18.5 Å². The summed E-state index contributed by atoms with van der Waals surface area (Å²) in [5, 5.41) is 18.1. The van der Waals surface area contributed by atoms with Gasteiger partial charge < -0.3 is 24.4 Å². The van der Waals surface area contributed by atoms with E-state index in [1.165, 1.54) is 24.7 Å². The number of aryl methyl sites for hydroxylation is 1. The number of aromatic nitrogens is 4. The first-order valence-electron chi connectivity index (χ1n) is 14.1. The van der Waals surface area contributed by atoms with Crippen LogP contribution in [0, 0.1) is 6.92 Å². The SMILES string of the molecule is CNc1nc(C)nc2c1ncn2[C@@H]1O[C@H](COP(=O)(N[C@@H](C)C(=O)OC(C)C)Oc2cccc3ccccc23)[C@@H](O)[C@@]1(C)F. The molecule has 4 aromatic rings. The molecule has 15 heteroatoms. The lowest BCUT2D eigenvalue weighted by atomic mass is 9.98. The Morgan fingerprint density at radius 2 is 1.93 bits per heavy atom. The quantitative estimate of drug-likeness (QED) is 0.158. The zero-order valence-corrected chi connectivity index (χ0v) is 26.1. The molecule has 2 aromatic heterocycles. The number of benzene rings is 2. The number of imidazole rings is 1. The van der Waals surface area contributed by atoms with Crippen LogP contribution in [0.5, 0.6) is 5.75 Å². The number of aliphatic hydroxyl groups excluding tert-OH is 1. The summed E-state index contributed by atoms with van der Waals surface area (Å²) in [5.74, 6) is 0.423. The molecule has 44 heavy (non-hydrogen) atoms. The molecule has 0 amide bonds. The number of fused-ring (bicyclic) bond motifs is 2. The summed E-state index contributed by atoms with van der Waals surface area (Å²) in [7, 11) is -2.69. The van der Waals surface area contributed by atoms with Crippen molar-refractivity contribution in [1.29, 1.82) is 0 Å². The van der Waals surface area contributed by atoms with Crippen molar-refractivity contribution in [2.24, 2.45) is 0 Å². The van der Waals surface area contributed by atoms with Crippen LogP contribution in [0.15, 0.2) is 48.8 Å². The zero-order chi connectivity index (χ0) is 31.8. The van der Waals surface area contributed by atoms with Gasteiger partial charge in [0.15, 0.2) is 28.9 Å². The molecule has 2 aromatic carbocycles. The molecule has 0 spiro atoms. The van der Waals surface area contributed by atoms with E-state index < -0.39 is 56.6 Å². The molecule has 1 saturated heterocycles. The highest BCUT2D eigenvalue weighted by molar-refractivity contribution is 7.52. The Labute approximate surface area is 253 Å². The summed E-state index contributed by atoms with van der Waals surface area (Å²) in [6.07, 6.45) is -3.41. The van der Waals surface area contributed by atoms with Gasteiger partial charge in [-0.3, -0.25) is 13.9 Å². The maximum atomic E-state index is 16.2. The molecule has 13 nitrogen and oxygen atoms in total. The van der Waals surface area contributed by atoms with Crippen LogP contribution in [0.25, 0.3) is 21.9 Å². The summed E-state index contributed by atoms with van der Waals surface area (Å²) in [6, 6.07) is 11.4. The number of halogens is 1. The lowest BCUT2D eigenvalue weighted by molar-refractivity contribution is -0.149. The van der Waals surface area contributed by atoms with Crippen LogP contribution in [-0.2, 0) is 23.4 Å². The molecule has 5 rings (SSSR count). The maximum absolute atomic E-state index is 16.2. The maximum Gasteiger partial charge on any atom is 0.459 e. The van der Waals surface area contributed by atoms with Gasteiger partial charge in [0.1, 0.15) is 29.8 Å². The van der Waals surface area contributed by atoms with E-state index in [2.05, 4.69) is 25.4 Å². The topological polar surface area (TPSA) is 159 Å². The zero-order valence-electron chi connectivity index (χ0n) is 25.2. The largest absolute Gasteiger partial charge is 0.462 e. The lowest BCUT2D eigenvalue weighted by Gasteiger charge is -2.26. The van der Waals surface area contributed by atoms with Crippen molar-refractivity contribution >= 4 is 41.5 Å². The van der Waals surface area contributed by atoms with Crippen LogP contribution in [0.1, 0.15) is 39.7 Å². The lowest BCUT2D eigenvalue weighted by Crippen LogP contribution is -2.41. The Morgan fingerprint density at radius 1 is 1.20 bits per heavy atom. The number of carbonyl (C=O) groups excluding carboxylic acids is 1. The van der Waals surface area contributed by atoms with Gasteiger partial charge in [-0.25, -0.2) is 23.9 Å². The number of hydrogen-bond acceptors (Lipinski definition) is 11. The van der Waals surface area contributed by atoms with Gasteiger partial charge in [0.05, 0.1) is 19.0 Å². The summed E-state index contributed by atoms with van der Waals surface area (Å²) < 4.78 is 54.7. The van der Waals surface area contributed by atoms with E-state index in [9.17, 15) is 14.5 Å². The number of ether oxygens (including phenoxy) is 2. The van der Waals surface area contributed by atoms with Gasteiger partial charge in [-0.15, -0.1) is 0 Å². The number of nitrogens with one attached hydrogen (secondary N) is 2. The normalized spacial score (nSPS) is 24.0. The fraction of sp³-hybridized carbons (Fsp3) is 0.448. The van der Waals surface area contributed by atoms with Crippen molar-refractivity contribution in [3.05, 3.63) is 54.6 Å². The van der Waals surface area contributed by atoms with Crippen molar-refractivity contribution in [1.82, 2.24) is 24.6 Å². The minimum absolute atomic E-state index is 0.227. The summed E-state index contributed by atoms with van der Waals surface area (Å²) in [4.78, 5) is 25.6. The van der Waals surface area contributed by atoms with Crippen molar-refractivity contribution in [2.45, 2.75) is 70.9 Å². The Balaban J connectivity index is 1.42. The molecule has 0 aliphatic carbocycles. The van der Waals surface area contributed by atoms with Crippen molar-refractivity contribution in [2.75, 3.05) is 19.0 Å². The highest BCUT2D eigenvalue weighted by atomic mass is 31.2. The molecule has 3 heterocycles. The molecule has 1 unspecified atom stereocenters. The van der Waals surface area contributed by atoms with Gasteiger partial charge in [0.2, 0.25) is 0 Å². The van der Waals surface area contributed by atoms with Crippen LogP contribution >= 0.6 is 7.75 Å². The first kappa shape index (κ1) is 31.7. The number of aliphatic hydroxyl groups is 1. The molecule has 1 fully saturated rings. The first-order valence-corrected chi connectivity index (χ1v) is 15.7. The third kappa shape index (κ3) is 6.26. The second-order valence-corrected chi connectivity index (χ2v) is 12.7. The average molecular weight is 631 g/mol. The van der Waals surface area contributed by atoms with Crippen molar-refractivity contribution < 1.29 is 37.4 Å². The molecule has 6 atom stereocenters. The molecule has 0 radical (unpaired) electrons. The van der Waals surface area contributed by atoms with E-state index in [1.807, 2.05) is 18.2 Å². The smallest absolute Gasteiger partial charge is 0.459 e. The minimum Gasteiger partial charge on any atom is -0.462 e. The number of nitrogens with zero attached hydrogens (tertiary/aromatic N) is 4. The Morgan fingerprint density at radius 3 is 2.66 bits per heavy atom. The van der Waals surface area contributed by atoms with Gasteiger partial charge in [-0.2, -0.15) is 5.09 Å². The molecule has 3 N–H and O–H groups in total. The molecule has 236 valence electrons. The highest BCUT2D eigenvalue weighted by Crippen LogP contribution is 2.49. The summed E-state index contributed by atoms with van der Waals surface area (Å²) in [6.45, 7) is 7.15. The third-order valence-electron chi connectivity index (χ3n) is 7.17. The average Bonchev–Trinajstić information content (AvgIpc) is 3.48. The van der Waals surface area contributed by atoms with E-state index >= 15 is 4.39 Å². The predicted octanol–water partition coefficient (Wildman–Crippen LogP) is 4.45. The third-order valence-corrected chi connectivity index (χ3v) is 8.80. The number of carbonyl (C=O) groups is 1. The summed E-state index contributed by atoms with van der Waals surface area (Å²) >= 11 is 0. The molecule has 1 aliphatic rings. The second-order valence-electron chi connectivity index (χ2n) is 11.0. The molecule has 0 saturated carbocycles. The van der Waals surface area contributed by atoms with Gasteiger partial charge in [-0.05, 0) is 46.1 Å². The van der Waals surface area contributed by atoms with E-state index in [1.54, 1.807) is 52.1 Å². The van der Waals surface area contributed by atoms with Gasteiger partial charge in [0.25, 0.3) is 0 Å². The highest BCUT2D eigenvalue weighted by Gasteiger charge is 2.56. The van der Waals surface area contributed by atoms with Crippen molar-refractivity contribution in [3.8, 4) is 5.75 Å². The van der Waals surface area contributed by atoms with E-state index in [0.29, 0.717) is 28.2 Å². The second kappa shape index (κ2) is 12.4. The standard InChI is InChI=1S/C29H36FN6O7P/c1-16(2)41-27(38)17(3)35-44(39,43-21-13-9-11-19-10-7-8-12-20(19)21)40-14-22-24(37)29(5,30)28(42-22)36-15-32-23-25(31-6)33-18(4)34-26(23)36/h7-13,15-17,22,24,28,37H,14H2,1-6H3,(H,35,39)(H,31,33,34)/t17-,22+,24+,28+,29+,44?/m0/s1. The van der Waals surface area contributed by atoms with Crippen LogP contribution in [0.3, 0.4) is 0 Å². The molecular formula is C29H36FN6O7P. The monoisotopic (exact) mass is 630 g/mol. The van der Waals surface area contributed by atoms with Crippen molar-refractivity contribution in [3.63, 3.8) is 0 Å². The van der Waals surface area contributed by atoms with Crippen LogP contribution in [0.2, 0.25) is 0 Å². The molecular weight excluding hydrogens is 594 g/mol. The van der Waals surface area contributed by atoms with Gasteiger partial charge in [0, 0.05) is 12.4 Å². The number of alkyl halides is 1. The van der Waals surface area contributed by atoms with Crippen LogP contribution in [-0.4, -0.2) is 74.3 Å². The number of rotatable bonds is 11. The van der Waals surface area contributed by atoms with E-state index in [-0.39, 0.29) is 5.75 Å².